The van der Waals surface area contributed by atoms with Crippen molar-refractivity contribution in [2.75, 3.05) is 26.2 Å². The van der Waals surface area contributed by atoms with Gasteiger partial charge in [0, 0.05) is 44.0 Å². The number of piperidine rings is 2. The smallest absolute Gasteiger partial charge is 0.262 e. The highest BCUT2D eigenvalue weighted by molar-refractivity contribution is 5.86. The minimum absolute atomic E-state index is 0.117. The molecule has 0 saturated carbocycles. The van der Waals surface area contributed by atoms with E-state index in [1.165, 1.54) is 12.1 Å². The van der Waals surface area contributed by atoms with Crippen molar-refractivity contribution in [3.8, 4) is 5.69 Å². The summed E-state index contributed by atoms with van der Waals surface area (Å²) in [5, 5.41) is 15.5. The highest BCUT2D eigenvalue weighted by atomic mass is 19.1. The molecule has 8 nitrogen and oxygen atoms in total. The summed E-state index contributed by atoms with van der Waals surface area (Å²) in [6.07, 6.45) is 5.22. The summed E-state index contributed by atoms with van der Waals surface area (Å²) in [4.78, 5) is 33.2. The summed E-state index contributed by atoms with van der Waals surface area (Å²) in [6.45, 7) is 2.78. The van der Waals surface area contributed by atoms with Crippen LogP contribution in [0.3, 0.4) is 0 Å². The number of carbonyl (C=O) groups excluding carboxylic acids is 1. The maximum Gasteiger partial charge on any atom is 0.262 e. The van der Waals surface area contributed by atoms with Gasteiger partial charge in [-0.25, -0.2) is 9.37 Å². The van der Waals surface area contributed by atoms with E-state index in [9.17, 15) is 19.1 Å². The number of benzene rings is 2. The zero-order valence-corrected chi connectivity index (χ0v) is 21.7. The molecule has 4 aromatic rings. The Bertz CT molecular complexity index is 1530. The molecule has 2 N–H and O–H groups in total. The van der Waals surface area contributed by atoms with Crippen molar-refractivity contribution in [3.05, 3.63) is 94.9 Å². The zero-order chi connectivity index (χ0) is 27.0. The molecular weight excluding hydrogens is 497 g/mol. The van der Waals surface area contributed by atoms with Gasteiger partial charge in [-0.05, 0) is 67.6 Å². The lowest BCUT2D eigenvalue weighted by Gasteiger charge is -2.43. The maximum atomic E-state index is 13.6. The third kappa shape index (κ3) is 4.77. The highest BCUT2D eigenvalue weighted by Crippen LogP contribution is 2.36. The number of hydrogen-bond donors (Lipinski definition) is 2. The van der Waals surface area contributed by atoms with E-state index in [0.29, 0.717) is 50.2 Å². The molecule has 2 aromatic heterocycles. The van der Waals surface area contributed by atoms with E-state index in [1.54, 1.807) is 44.8 Å². The second kappa shape index (κ2) is 10.4. The number of hydrogen-bond acceptors (Lipinski definition) is 5. The van der Waals surface area contributed by atoms with Crippen molar-refractivity contribution >= 4 is 16.9 Å². The number of aliphatic hydroxyl groups is 1. The molecule has 2 aliphatic rings. The molecule has 1 amide bonds. The monoisotopic (exact) mass is 529 g/mol. The van der Waals surface area contributed by atoms with Crippen LogP contribution in [0.25, 0.3) is 16.7 Å². The van der Waals surface area contributed by atoms with Gasteiger partial charge in [-0.3, -0.25) is 14.2 Å². The van der Waals surface area contributed by atoms with E-state index in [1.807, 2.05) is 30.3 Å². The number of likely N-dealkylation sites (tertiary alicyclic amines) is 1. The van der Waals surface area contributed by atoms with Gasteiger partial charge in [-0.2, -0.15) is 0 Å². The fraction of sp³-hybridized carbons (Fsp3) is 0.367. The van der Waals surface area contributed by atoms with Gasteiger partial charge in [0.05, 0.1) is 11.7 Å². The summed E-state index contributed by atoms with van der Waals surface area (Å²) in [5.41, 5.74) is 0.688. The molecule has 2 fully saturated rings. The van der Waals surface area contributed by atoms with Crippen molar-refractivity contribution in [1.82, 2.24) is 24.3 Å². The second-order valence-corrected chi connectivity index (χ2v) is 10.7. The second-order valence-electron chi connectivity index (χ2n) is 10.7. The largest absolute Gasteiger partial charge is 0.379 e. The number of nitrogens with zero attached hydrogens (tertiary/aromatic N) is 4. The zero-order valence-electron chi connectivity index (χ0n) is 21.7. The molecule has 2 atom stereocenters. The van der Waals surface area contributed by atoms with Gasteiger partial charge in [0.2, 0.25) is 0 Å². The number of carbonyl (C=O) groups is 1. The summed E-state index contributed by atoms with van der Waals surface area (Å²) >= 11 is 0. The van der Waals surface area contributed by atoms with E-state index in [0.717, 1.165) is 24.1 Å². The van der Waals surface area contributed by atoms with Crippen LogP contribution in [0.4, 0.5) is 4.39 Å². The first kappa shape index (κ1) is 25.5. The maximum absolute atomic E-state index is 13.6. The van der Waals surface area contributed by atoms with Gasteiger partial charge in [0.1, 0.15) is 5.82 Å². The Labute approximate surface area is 225 Å². The number of fused-ring (bicyclic) bond motifs is 1. The van der Waals surface area contributed by atoms with E-state index in [-0.39, 0.29) is 29.1 Å². The van der Waals surface area contributed by atoms with E-state index >= 15 is 0 Å². The van der Waals surface area contributed by atoms with Crippen LogP contribution in [0, 0.1) is 11.7 Å². The first-order valence-corrected chi connectivity index (χ1v) is 13.5. The SMILES string of the molecule is O=C(N1CCC(Cn2cnc3c(ccn3-c3ccc(F)cc3)c2=O)CC1)[C@@]1(O)CCNC[C@H]1c1ccccc1. The van der Waals surface area contributed by atoms with E-state index < -0.39 is 5.60 Å². The predicted molar refractivity (Wildman–Crippen MR) is 146 cm³/mol. The topological polar surface area (TPSA) is 92.4 Å². The van der Waals surface area contributed by atoms with Crippen molar-refractivity contribution in [2.45, 2.75) is 37.3 Å². The van der Waals surface area contributed by atoms with Crippen LogP contribution in [-0.2, 0) is 11.3 Å². The molecule has 2 aromatic carbocycles. The van der Waals surface area contributed by atoms with Crippen LogP contribution >= 0.6 is 0 Å². The summed E-state index contributed by atoms with van der Waals surface area (Å²) in [6, 6.07) is 17.6. The molecular formula is C30H32FN5O3. The predicted octanol–water partition coefficient (Wildman–Crippen LogP) is 3.07. The van der Waals surface area contributed by atoms with Crippen LogP contribution in [0.5, 0.6) is 0 Å². The number of nitrogens with one attached hydrogen (secondary N) is 1. The number of rotatable bonds is 5. The van der Waals surface area contributed by atoms with Crippen molar-refractivity contribution in [1.29, 1.82) is 0 Å². The van der Waals surface area contributed by atoms with Gasteiger partial charge in [-0.15, -0.1) is 0 Å². The molecule has 9 heteroatoms. The Morgan fingerprint density at radius 3 is 2.56 bits per heavy atom. The molecule has 0 radical (unpaired) electrons. The number of amides is 1. The van der Waals surface area contributed by atoms with Gasteiger partial charge >= 0.3 is 0 Å². The molecule has 4 heterocycles. The van der Waals surface area contributed by atoms with Gasteiger partial charge in [-0.1, -0.05) is 30.3 Å². The third-order valence-corrected chi connectivity index (χ3v) is 8.31. The summed E-state index contributed by atoms with van der Waals surface area (Å²) in [5.74, 6) is -0.591. The lowest BCUT2D eigenvalue weighted by Crippen LogP contribution is -2.59. The van der Waals surface area contributed by atoms with Crippen LogP contribution in [0.1, 0.15) is 30.7 Å². The Hall–Kier alpha value is -3.82. The molecule has 202 valence electrons. The Morgan fingerprint density at radius 1 is 1.08 bits per heavy atom. The van der Waals surface area contributed by atoms with Gasteiger partial charge in [0.15, 0.2) is 11.2 Å². The Morgan fingerprint density at radius 2 is 1.82 bits per heavy atom. The summed E-state index contributed by atoms with van der Waals surface area (Å²) < 4.78 is 16.8. The van der Waals surface area contributed by atoms with Crippen molar-refractivity contribution in [2.24, 2.45) is 5.92 Å². The standard InChI is InChI=1S/C30H32FN5O3/c31-23-6-8-24(9-7-23)36-17-12-25-27(36)33-20-35(28(25)37)19-21-10-15-34(16-11-21)29(38)30(39)13-14-32-18-26(30)22-4-2-1-3-5-22/h1-9,12,17,20-21,26,32,39H,10-11,13-16,18-19H2/t26-,30+/m0/s1. The molecule has 0 spiro atoms. The highest BCUT2D eigenvalue weighted by Gasteiger charge is 2.48. The number of aromatic nitrogens is 3. The van der Waals surface area contributed by atoms with E-state index in [2.05, 4.69) is 10.3 Å². The van der Waals surface area contributed by atoms with E-state index in [4.69, 9.17) is 0 Å². The molecule has 0 unspecified atom stereocenters. The molecule has 0 aliphatic carbocycles. The van der Waals surface area contributed by atoms with Crippen LogP contribution in [0.15, 0.2) is 78.0 Å². The lowest BCUT2D eigenvalue weighted by molar-refractivity contribution is -0.158. The molecule has 39 heavy (non-hydrogen) atoms. The lowest BCUT2D eigenvalue weighted by atomic mass is 9.76. The Balaban J connectivity index is 1.13. The molecule has 2 aliphatic heterocycles. The third-order valence-electron chi connectivity index (χ3n) is 8.31. The van der Waals surface area contributed by atoms with Crippen molar-refractivity contribution < 1.29 is 14.3 Å². The average Bonchev–Trinajstić information content (AvgIpc) is 3.41. The van der Waals surface area contributed by atoms with Crippen molar-refractivity contribution in [3.63, 3.8) is 0 Å². The molecule has 0 bridgehead atoms. The first-order valence-electron chi connectivity index (χ1n) is 13.5. The molecule has 2 saturated heterocycles. The Kier molecular flexibility index (Phi) is 6.78. The normalized spacial score (nSPS) is 22.3. The quantitative estimate of drug-likeness (QED) is 0.415. The summed E-state index contributed by atoms with van der Waals surface area (Å²) in [7, 11) is 0. The fourth-order valence-electron chi connectivity index (χ4n) is 6.07. The molecule has 6 rings (SSSR count). The average molecular weight is 530 g/mol. The van der Waals surface area contributed by atoms with Crippen LogP contribution < -0.4 is 10.9 Å². The first-order chi connectivity index (χ1) is 18.9. The van der Waals surface area contributed by atoms with Crippen LogP contribution in [-0.4, -0.2) is 61.8 Å². The van der Waals surface area contributed by atoms with Gasteiger partial charge in [0.25, 0.3) is 11.5 Å². The minimum atomic E-state index is -1.43. The fourth-order valence-corrected chi connectivity index (χ4v) is 6.07. The number of halogens is 1. The minimum Gasteiger partial charge on any atom is -0.379 e. The van der Waals surface area contributed by atoms with Gasteiger partial charge < -0.3 is 19.9 Å². The van der Waals surface area contributed by atoms with Crippen LogP contribution in [0.2, 0.25) is 0 Å².